The third kappa shape index (κ3) is 4.90. The Morgan fingerprint density at radius 2 is 1.82 bits per heavy atom. The lowest BCUT2D eigenvalue weighted by Gasteiger charge is -2.18. The highest BCUT2D eigenvalue weighted by Gasteiger charge is 2.14. The van der Waals surface area contributed by atoms with Crippen molar-refractivity contribution in [1.29, 1.82) is 0 Å². The molecule has 2 aromatic carbocycles. The SMILES string of the molecule is Cc1ccccc1SCC(=O)NC(CCO)c1ccccc1. The number of thioether (sulfide) groups is 1. The predicted octanol–water partition coefficient (Wildman–Crippen LogP) is 3.33. The van der Waals surface area contributed by atoms with E-state index in [1.807, 2.05) is 61.5 Å². The van der Waals surface area contributed by atoms with E-state index in [0.29, 0.717) is 12.2 Å². The molecule has 1 amide bonds. The molecule has 0 aliphatic rings. The van der Waals surface area contributed by atoms with Gasteiger partial charge in [0.15, 0.2) is 0 Å². The zero-order valence-corrected chi connectivity index (χ0v) is 13.5. The van der Waals surface area contributed by atoms with Crippen molar-refractivity contribution in [2.75, 3.05) is 12.4 Å². The fourth-order valence-corrected chi connectivity index (χ4v) is 3.07. The minimum atomic E-state index is -0.142. The smallest absolute Gasteiger partial charge is 0.230 e. The van der Waals surface area contributed by atoms with Gasteiger partial charge in [-0.05, 0) is 30.5 Å². The van der Waals surface area contributed by atoms with Gasteiger partial charge in [0.25, 0.3) is 0 Å². The maximum absolute atomic E-state index is 12.2. The first kappa shape index (κ1) is 16.6. The van der Waals surface area contributed by atoms with Crippen LogP contribution in [0.25, 0.3) is 0 Å². The van der Waals surface area contributed by atoms with Crippen molar-refractivity contribution in [3.05, 3.63) is 65.7 Å². The molecule has 2 rings (SSSR count). The van der Waals surface area contributed by atoms with Crippen LogP contribution in [0.5, 0.6) is 0 Å². The highest BCUT2D eigenvalue weighted by Crippen LogP contribution is 2.22. The van der Waals surface area contributed by atoms with Gasteiger partial charge in [-0.15, -0.1) is 11.8 Å². The monoisotopic (exact) mass is 315 g/mol. The summed E-state index contributed by atoms with van der Waals surface area (Å²) in [4.78, 5) is 13.3. The maximum Gasteiger partial charge on any atom is 0.230 e. The molecule has 0 fully saturated rings. The Morgan fingerprint density at radius 3 is 2.50 bits per heavy atom. The third-order valence-electron chi connectivity index (χ3n) is 3.41. The summed E-state index contributed by atoms with van der Waals surface area (Å²) in [6, 6.07) is 17.6. The molecule has 22 heavy (non-hydrogen) atoms. The Bertz CT molecular complexity index is 601. The van der Waals surface area contributed by atoms with Crippen molar-refractivity contribution >= 4 is 17.7 Å². The first-order valence-corrected chi connectivity index (χ1v) is 8.33. The van der Waals surface area contributed by atoms with Crippen LogP contribution in [0.2, 0.25) is 0 Å². The number of benzene rings is 2. The van der Waals surface area contributed by atoms with Crippen LogP contribution in [0.15, 0.2) is 59.5 Å². The topological polar surface area (TPSA) is 49.3 Å². The number of rotatable bonds is 7. The van der Waals surface area contributed by atoms with Gasteiger partial charge in [0.1, 0.15) is 0 Å². The summed E-state index contributed by atoms with van der Waals surface area (Å²) in [7, 11) is 0. The number of aryl methyl sites for hydroxylation is 1. The molecular weight excluding hydrogens is 294 g/mol. The lowest BCUT2D eigenvalue weighted by Crippen LogP contribution is -2.30. The summed E-state index contributed by atoms with van der Waals surface area (Å²) in [5, 5.41) is 12.2. The van der Waals surface area contributed by atoms with Crippen molar-refractivity contribution in [2.24, 2.45) is 0 Å². The average molecular weight is 315 g/mol. The quantitative estimate of drug-likeness (QED) is 0.771. The van der Waals surface area contributed by atoms with Crippen molar-refractivity contribution < 1.29 is 9.90 Å². The van der Waals surface area contributed by atoms with E-state index in [1.165, 1.54) is 17.3 Å². The number of aliphatic hydroxyl groups is 1. The third-order valence-corrected chi connectivity index (χ3v) is 4.58. The van der Waals surface area contributed by atoms with E-state index in [0.717, 1.165) is 10.5 Å². The second kappa shape index (κ2) is 8.61. The Hall–Kier alpha value is -1.78. The summed E-state index contributed by atoms with van der Waals surface area (Å²) in [6.07, 6.45) is 0.519. The Morgan fingerprint density at radius 1 is 1.14 bits per heavy atom. The predicted molar refractivity (Wildman–Crippen MR) is 90.9 cm³/mol. The molecule has 3 nitrogen and oxygen atoms in total. The van der Waals surface area contributed by atoms with Crippen LogP contribution in [0, 0.1) is 6.92 Å². The molecule has 0 aliphatic heterocycles. The molecule has 0 bridgehead atoms. The van der Waals surface area contributed by atoms with Crippen molar-refractivity contribution in [3.63, 3.8) is 0 Å². The van der Waals surface area contributed by atoms with E-state index < -0.39 is 0 Å². The van der Waals surface area contributed by atoms with Crippen LogP contribution in [0.4, 0.5) is 0 Å². The Labute approximate surface area is 135 Å². The number of carbonyl (C=O) groups excluding carboxylic acids is 1. The standard InChI is InChI=1S/C18H21NO2S/c1-14-7-5-6-10-17(14)22-13-18(21)19-16(11-12-20)15-8-3-2-4-9-15/h2-10,16,20H,11-13H2,1H3,(H,19,21). The summed E-state index contributed by atoms with van der Waals surface area (Å²) >= 11 is 1.54. The molecule has 116 valence electrons. The van der Waals surface area contributed by atoms with Crippen molar-refractivity contribution in [3.8, 4) is 0 Å². The van der Waals surface area contributed by atoms with Gasteiger partial charge in [0, 0.05) is 11.5 Å². The molecular formula is C18H21NO2S. The van der Waals surface area contributed by atoms with Gasteiger partial charge in [-0.1, -0.05) is 48.5 Å². The van der Waals surface area contributed by atoms with E-state index in [9.17, 15) is 9.90 Å². The minimum Gasteiger partial charge on any atom is -0.396 e. The average Bonchev–Trinajstić information content (AvgIpc) is 2.54. The minimum absolute atomic E-state index is 0.0180. The van der Waals surface area contributed by atoms with Gasteiger partial charge in [0.2, 0.25) is 5.91 Å². The molecule has 0 saturated heterocycles. The molecule has 0 aromatic heterocycles. The number of amides is 1. The lowest BCUT2D eigenvalue weighted by atomic mass is 10.0. The van der Waals surface area contributed by atoms with Gasteiger partial charge < -0.3 is 10.4 Å². The van der Waals surface area contributed by atoms with Crippen LogP contribution in [-0.2, 0) is 4.79 Å². The van der Waals surface area contributed by atoms with Gasteiger partial charge >= 0.3 is 0 Å². The van der Waals surface area contributed by atoms with E-state index in [2.05, 4.69) is 5.32 Å². The molecule has 2 N–H and O–H groups in total. The largest absolute Gasteiger partial charge is 0.396 e. The molecule has 0 radical (unpaired) electrons. The highest BCUT2D eigenvalue weighted by molar-refractivity contribution is 8.00. The zero-order valence-electron chi connectivity index (χ0n) is 12.7. The van der Waals surface area contributed by atoms with E-state index in [-0.39, 0.29) is 18.6 Å². The first-order valence-electron chi connectivity index (χ1n) is 7.34. The van der Waals surface area contributed by atoms with E-state index >= 15 is 0 Å². The molecule has 0 heterocycles. The summed E-state index contributed by atoms with van der Waals surface area (Å²) < 4.78 is 0. The second-order valence-electron chi connectivity index (χ2n) is 5.10. The van der Waals surface area contributed by atoms with Crippen LogP contribution in [0.3, 0.4) is 0 Å². The highest BCUT2D eigenvalue weighted by atomic mass is 32.2. The molecule has 0 aliphatic carbocycles. The maximum atomic E-state index is 12.2. The molecule has 1 atom stereocenters. The molecule has 0 saturated carbocycles. The van der Waals surface area contributed by atoms with E-state index in [1.54, 1.807) is 0 Å². The Balaban J connectivity index is 1.93. The number of hydrogen-bond acceptors (Lipinski definition) is 3. The number of aliphatic hydroxyl groups excluding tert-OH is 1. The van der Waals surface area contributed by atoms with Crippen molar-refractivity contribution in [1.82, 2.24) is 5.32 Å². The molecule has 4 heteroatoms. The van der Waals surface area contributed by atoms with Gasteiger partial charge in [-0.2, -0.15) is 0 Å². The molecule has 1 unspecified atom stereocenters. The van der Waals surface area contributed by atoms with Crippen LogP contribution >= 0.6 is 11.8 Å². The summed E-state index contributed by atoms with van der Waals surface area (Å²) in [6.45, 7) is 2.09. The number of hydrogen-bond donors (Lipinski definition) is 2. The number of carbonyl (C=O) groups is 1. The second-order valence-corrected chi connectivity index (χ2v) is 6.11. The van der Waals surface area contributed by atoms with E-state index in [4.69, 9.17) is 0 Å². The Kier molecular flexibility index (Phi) is 6.49. The van der Waals surface area contributed by atoms with Crippen LogP contribution in [-0.4, -0.2) is 23.4 Å². The lowest BCUT2D eigenvalue weighted by molar-refractivity contribution is -0.119. The summed E-state index contributed by atoms with van der Waals surface area (Å²) in [5.74, 6) is 0.357. The van der Waals surface area contributed by atoms with Gasteiger partial charge in [-0.3, -0.25) is 4.79 Å². The number of nitrogens with one attached hydrogen (secondary N) is 1. The normalized spacial score (nSPS) is 11.9. The first-order chi connectivity index (χ1) is 10.7. The fraction of sp³-hybridized carbons (Fsp3) is 0.278. The van der Waals surface area contributed by atoms with Crippen molar-refractivity contribution in [2.45, 2.75) is 24.3 Å². The molecule has 0 spiro atoms. The zero-order chi connectivity index (χ0) is 15.8. The van der Waals surface area contributed by atoms with Gasteiger partial charge in [0.05, 0.1) is 11.8 Å². The van der Waals surface area contributed by atoms with Gasteiger partial charge in [-0.25, -0.2) is 0 Å². The van der Waals surface area contributed by atoms with Crippen LogP contribution in [0.1, 0.15) is 23.6 Å². The fourth-order valence-electron chi connectivity index (χ4n) is 2.23. The molecule has 2 aromatic rings. The van der Waals surface area contributed by atoms with Crippen LogP contribution < -0.4 is 5.32 Å². The summed E-state index contributed by atoms with van der Waals surface area (Å²) in [5.41, 5.74) is 2.20.